The molecule has 1 heterocycles. The highest BCUT2D eigenvalue weighted by molar-refractivity contribution is 6.54. The fourth-order valence-corrected chi connectivity index (χ4v) is 2.03. The van der Waals surface area contributed by atoms with E-state index in [0.717, 1.165) is 11.3 Å². The van der Waals surface area contributed by atoms with Crippen LogP contribution in [0.3, 0.4) is 0 Å². The highest BCUT2D eigenvalue weighted by Crippen LogP contribution is 2.19. The molecule has 2 N–H and O–H groups in total. The Morgan fingerprint density at radius 1 is 1.40 bits per heavy atom. The predicted molar refractivity (Wildman–Crippen MR) is 79.0 cm³/mol. The van der Waals surface area contributed by atoms with E-state index in [9.17, 15) is 9.59 Å². The second-order valence-corrected chi connectivity index (χ2v) is 5.60. The molecule has 1 aromatic carbocycles. The molecule has 0 bridgehead atoms. The Bertz CT molecular complexity index is 555. The van der Waals surface area contributed by atoms with Gasteiger partial charge in [0.1, 0.15) is 0 Å². The summed E-state index contributed by atoms with van der Waals surface area (Å²) in [5.41, 5.74) is 4.77. The zero-order valence-electron chi connectivity index (χ0n) is 10.7. The third kappa shape index (κ3) is 3.49. The number of benzene rings is 1. The van der Waals surface area contributed by atoms with E-state index in [1.807, 2.05) is 19.1 Å². The molecule has 0 aliphatic carbocycles. The molecule has 0 radical (unpaired) electrons. The molecule has 0 saturated heterocycles. The molecular weight excluding hydrogens is 301 g/mol. The van der Waals surface area contributed by atoms with Crippen molar-refractivity contribution in [3.63, 3.8) is 0 Å². The number of amides is 2. The monoisotopic (exact) mass is 313 g/mol. The zero-order chi connectivity index (χ0) is 14.7. The number of hydrazone groups is 1. The normalized spacial score (nSPS) is 18.5. The van der Waals surface area contributed by atoms with Gasteiger partial charge in [-0.3, -0.25) is 9.59 Å². The lowest BCUT2D eigenvalue weighted by atomic mass is 9.94. The maximum atomic E-state index is 11.3. The van der Waals surface area contributed by atoms with Crippen molar-refractivity contribution in [2.24, 2.45) is 11.0 Å². The van der Waals surface area contributed by atoms with Crippen LogP contribution >= 0.6 is 23.2 Å². The van der Waals surface area contributed by atoms with Crippen LogP contribution in [-0.2, 0) is 9.59 Å². The number of carbonyl (C=O) groups is 2. The Kier molecular flexibility index (Phi) is 4.62. The van der Waals surface area contributed by atoms with Gasteiger partial charge >= 0.3 is 0 Å². The fraction of sp³-hybridized carbons (Fsp3) is 0.308. The topological polar surface area (TPSA) is 70.6 Å². The number of halogens is 2. The van der Waals surface area contributed by atoms with Crippen LogP contribution in [0.15, 0.2) is 29.4 Å². The van der Waals surface area contributed by atoms with Crippen molar-refractivity contribution in [2.45, 2.75) is 18.2 Å². The maximum Gasteiger partial charge on any atom is 0.257 e. The van der Waals surface area contributed by atoms with Crippen LogP contribution in [0, 0.1) is 5.92 Å². The molecular formula is C13H13Cl2N3O2. The predicted octanol–water partition coefficient (Wildman–Crippen LogP) is 2.29. The number of hydrogen-bond donors (Lipinski definition) is 2. The molecule has 0 saturated carbocycles. The van der Waals surface area contributed by atoms with Crippen LogP contribution in [0.2, 0.25) is 0 Å². The summed E-state index contributed by atoms with van der Waals surface area (Å²) in [6.07, 6.45) is 0.414. The Balaban J connectivity index is 2.12. The summed E-state index contributed by atoms with van der Waals surface area (Å²) in [5, 5.41) is 6.65. The van der Waals surface area contributed by atoms with Gasteiger partial charge < -0.3 is 5.32 Å². The van der Waals surface area contributed by atoms with Crippen LogP contribution in [0.4, 0.5) is 5.69 Å². The standard InChI is InChI=1S/C13H13Cl2N3O2/c1-7-6-10(19)17-18-11(7)8-2-4-9(5-3-8)16-13(20)12(14)15/h2-5,7,12H,6H2,1H3,(H,16,20)(H,17,19). The van der Waals surface area contributed by atoms with Crippen LogP contribution in [-0.4, -0.2) is 22.4 Å². The summed E-state index contributed by atoms with van der Waals surface area (Å²) < 4.78 is 0. The summed E-state index contributed by atoms with van der Waals surface area (Å²) in [4.78, 5) is 21.4. The average Bonchev–Trinajstić information content (AvgIpc) is 2.40. The van der Waals surface area contributed by atoms with Crippen LogP contribution in [0.5, 0.6) is 0 Å². The number of anilines is 1. The fourth-order valence-electron chi connectivity index (χ4n) is 1.92. The first-order valence-electron chi connectivity index (χ1n) is 6.03. The quantitative estimate of drug-likeness (QED) is 0.840. The van der Waals surface area contributed by atoms with E-state index < -0.39 is 10.7 Å². The van der Waals surface area contributed by atoms with Gasteiger partial charge in [-0.15, -0.1) is 0 Å². The molecule has 106 valence electrons. The van der Waals surface area contributed by atoms with Gasteiger partial charge in [0, 0.05) is 18.0 Å². The van der Waals surface area contributed by atoms with E-state index in [-0.39, 0.29) is 11.8 Å². The summed E-state index contributed by atoms with van der Waals surface area (Å²) >= 11 is 10.9. The summed E-state index contributed by atoms with van der Waals surface area (Å²) in [6, 6.07) is 7.10. The number of hydrogen-bond acceptors (Lipinski definition) is 3. The van der Waals surface area contributed by atoms with Gasteiger partial charge in [0.25, 0.3) is 5.91 Å². The summed E-state index contributed by atoms with van der Waals surface area (Å²) in [5.74, 6) is -0.503. The van der Waals surface area contributed by atoms with E-state index >= 15 is 0 Å². The number of alkyl halides is 2. The zero-order valence-corrected chi connectivity index (χ0v) is 12.2. The van der Waals surface area contributed by atoms with Gasteiger partial charge in [-0.1, -0.05) is 42.3 Å². The molecule has 1 atom stereocenters. The molecule has 1 aromatic rings. The van der Waals surface area contributed by atoms with Crippen molar-refractivity contribution in [3.8, 4) is 0 Å². The minimum Gasteiger partial charge on any atom is -0.324 e. The van der Waals surface area contributed by atoms with E-state index in [0.29, 0.717) is 12.1 Å². The summed E-state index contributed by atoms with van der Waals surface area (Å²) in [6.45, 7) is 1.94. The Morgan fingerprint density at radius 3 is 2.60 bits per heavy atom. The molecule has 2 amide bonds. The third-order valence-corrected chi connectivity index (χ3v) is 3.30. The van der Waals surface area contributed by atoms with Gasteiger partial charge in [-0.25, -0.2) is 5.43 Å². The van der Waals surface area contributed by atoms with Crippen LogP contribution < -0.4 is 10.7 Å². The third-order valence-electron chi connectivity index (χ3n) is 2.91. The second kappa shape index (κ2) is 6.24. The highest BCUT2D eigenvalue weighted by atomic mass is 35.5. The number of carbonyl (C=O) groups excluding carboxylic acids is 2. The SMILES string of the molecule is CC1CC(=O)NN=C1c1ccc(NC(=O)C(Cl)Cl)cc1. The molecule has 0 aromatic heterocycles. The molecule has 1 unspecified atom stereocenters. The number of nitrogens with one attached hydrogen (secondary N) is 2. The number of rotatable bonds is 3. The van der Waals surface area contributed by atoms with Crippen molar-refractivity contribution < 1.29 is 9.59 Å². The first-order chi connectivity index (χ1) is 9.47. The van der Waals surface area contributed by atoms with Crippen molar-refractivity contribution in [3.05, 3.63) is 29.8 Å². The van der Waals surface area contributed by atoms with Gasteiger partial charge in [0.2, 0.25) is 5.91 Å². The molecule has 1 aliphatic rings. The lowest BCUT2D eigenvalue weighted by molar-refractivity contribution is -0.122. The van der Waals surface area contributed by atoms with Crippen molar-refractivity contribution in [2.75, 3.05) is 5.32 Å². The van der Waals surface area contributed by atoms with Crippen LogP contribution in [0.25, 0.3) is 0 Å². The number of nitrogens with zero attached hydrogens (tertiary/aromatic N) is 1. The Morgan fingerprint density at radius 2 is 2.05 bits per heavy atom. The molecule has 0 spiro atoms. The van der Waals surface area contributed by atoms with Gasteiger partial charge in [0.15, 0.2) is 4.84 Å². The van der Waals surface area contributed by atoms with Crippen molar-refractivity contribution in [1.29, 1.82) is 0 Å². The van der Waals surface area contributed by atoms with E-state index in [1.54, 1.807) is 12.1 Å². The molecule has 7 heteroatoms. The average molecular weight is 314 g/mol. The molecule has 1 aliphatic heterocycles. The highest BCUT2D eigenvalue weighted by Gasteiger charge is 2.21. The Labute approximate surface area is 126 Å². The molecule has 20 heavy (non-hydrogen) atoms. The van der Waals surface area contributed by atoms with Gasteiger partial charge in [-0.2, -0.15) is 5.10 Å². The first kappa shape index (κ1) is 14.8. The lowest BCUT2D eigenvalue weighted by Crippen LogP contribution is -2.31. The molecule has 2 rings (SSSR count). The van der Waals surface area contributed by atoms with E-state index in [2.05, 4.69) is 15.8 Å². The first-order valence-corrected chi connectivity index (χ1v) is 6.90. The molecule has 0 fully saturated rings. The van der Waals surface area contributed by atoms with Crippen LogP contribution in [0.1, 0.15) is 18.9 Å². The van der Waals surface area contributed by atoms with Crippen molar-refractivity contribution in [1.82, 2.24) is 5.43 Å². The van der Waals surface area contributed by atoms with Crippen molar-refractivity contribution >= 4 is 46.4 Å². The largest absolute Gasteiger partial charge is 0.324 e. The minimum atomic E-state index is -1.10. The Hall–Kier alpha value is -1.59. The smallest absolute Gasteiger partial charge is 0.257 e. The lowest BCUT2D eigenvalue weighted by Gasteiger charge is -2.19. The molecule has 5 nitrogen and oxygen atoms in total. The van der Waals surface area contributed by atoms with E-state index in [4.69, 9.17) is 23.2 Å². The van der Waals surface area contributed by atoms with E-state index in [1.165, 1.54) is 0 Å². The second-order valence-electron chi connectivity index (χ2n) is 4.50. The maximum absolute atomic E-state index is 11.3. The van der Waals surface area contributed by atoms with Gasteiger partial charge in [0.05, 0.1) is 5.71 Å². The summed E-state index contributed by atoms with van der Waals surface area (Å²) in [7, 11) is 0. The van der Waals surface area contributed by atoms with Gasteiger partial charge in [-0.05, 0) is 17.7 Å². The minimum absolute atomic E-state index is 0.0549.